The molecular formula is C10H12O3S. The molecule has 0 amide bonds. The Labute approximate surface area is 86.6 Å². The molecule has 4 heteroatoms. The summed E-state index contributed by atoms with van der Waals surface area (Å²) in [7, 11) is 0. The van der Waals surface area contributed by atoms with Crippen molar-refractivity contribution in [3.63, 3.8) is 0 Å². The fraction of sp³-hybridized carbons (Fsp3) is 0.500. The number of hydrogen-bond acceptors (Lipinski definition) is 4. The van der Waals surface area contributed by atoms with Crippen LogP contribution in [-0.4, -0.2) is 31.7 Å². The molecule has 1 saturated heterocycles. The highest BCUT2D eigenvalue weighted by Crippen LogP contribution is 2.18. The van der Waals surface area contributed by atoms with E-state index >= 15 is 0 Å². The molecule has 0 bridgehead atoms. The normalized spacial score (nSPS) is 22.2. The smallest absolute Gasteiger partial charge is 0.195 e. The van der Waals surface area contributed by atoms with Gasteiger partial charge in [-0.05, 0) is 18.4 Å². The topological polar surface area (TPSA) is 35.5 Å². The maximum Gasteiger partial charge on any atom is 0.195 e. The van der Waals surface area contributed by atoms with Crippen molar-refractivity contribution in [2.75, 3.05) is 19.8 Å². The van der Waals surface area contributed by atoms with Crippen molar-refractivity contribution in [3.05, 3.63) is 21.9 Å². The van der Waals surface area contributed by atoms with E-state index in [-0.39, 0.29) is 5.78 Å². The Balaban J connectivity index is 2.11. The van der Waals surface area contributed by atoms with Gasteiger partial charge in [0, 0.05) is 10.4 Å². The number of carbonyl (C=O) groups is 1. The van der Waals surface area contributed by atoms with Crippen LogP contribution in [0.2, 0.25) is 0 Å². The monoisotopic (exact) mass is 212 g/mol. The van der Waals surface area contributed by atoms with Crippen LogP contribution in [0, 0.1) is 6.92 Å². The van der Waals surface area contributed by atoms with Gasteiger partial charge in [0.2, 0.25) is 0 Å². The fourth-order valence-electron chi connectivity index (χ4n) is 1.45. The number of aryl methyl sites for hydroxylation is 1. The summed E-state index contributed by atoms with van der Waals surface area (Å²) in [6, 6.07) is 1.85. The average molecular weight is 212 g/mol. The number of Topliss-reactive ketones (excluding diaryl/α,β-unsaturated/α-hetero) is 1. The van der Waals surface area contributed by atoms with Crippen molar-refractivity contribution >= 4 is 17.1 Å². The lowest BCUT2D eigenvalue weighted by Gasteiger charge is -2.21. The molecule has 3 nitrogen and oxygen atoms in total. The third-order valence-electron chi connectivity index (χ3n) is 2.23. The van der Waals surface area contributed by atoms with Gasteiger partial charge in [-0.1, -0.05) is 0 Å². The third-order valence-corrected chi connectivity index (χ3v) is 3.08. The van der Waals surface area contributed by atoms with Crippen LogP contribution in [0.15, 0.2) is 11.4 Å². The molecule has 1 fully saturated rings. The van der Waals surface area contributed by atoms with Gasteiger partial charge in [0.1, 0.15) is 6.10 Å². The van der Waals surface area contributed by atoms with Gasteiger partial charge in [-0.25, -0.2) is 0 Å². The predicted octanol–water partition coefficient (Wildman–Crippen LogP) is 1.65. The second kappa shape index (κ2) is 4.21. The molecule has 0 aromatic carbocycles. The molecule has 0 aliphatic carbocycles. The predicted molar refractivity (Wildman–Crippen MR) is 53.9 cm³/mol. The zero-order valence-corrected chi connectivity index (χ0v) is 8.80. The lowest BCUT2D eigenvalue weighted by atomic mass is 10.1. The largest absolute Gasteiger partial charge is 0.376 e. The van der Waals surface area contributed by atoms with Gasteiger partial charge in [0.15, 0.2) is 5.78 Å². The standard InChI is InChI=1S/C10H12O3S/c1-7-8(2-5-14-7)10(11)9-6-12-3-4-13-9/h2,5,9H,3-4,6H2,1H3. The molecule has 1 unspecified atom stereocenters. The van der Waals surface area contributed by atoms with E-state index in [1.165, 1.54) is 0 Å². The first-order chi connectivity index (χ1) is 6.79. The van der Waals surface area contributed by atoms with Gasteiger partial charge in [-0.2, -0.15) is 0 Å². The van der Waals surface area contributed by atoms with Gasteiger partial charge in [0.25, 0.3) is 0 Å². The molecular weight excluding hydrogens is 200 g/mol. The highest BCUT2D eigenvalue weighted by molar-refractivity contribution is 7.10. The summed E-state index contributed by atoms with van der Waals surface area (Å²) in [5.41, 5.74) is 0.769. The number of ketones is 1. The number of carbonyl (C=O) groups excluding carboxylic acids is 1. The molecule has 14 heavy (non-hydrogen) atoms. The van der Waals surface area contributed by atoms with Crippen molar-refractivity contribution in [3.8, 4) is 0 Å². The van der Waals surface area contributed by atoms with E-state index in [1.807, 2.05) is 18.4 Å². The Bertz CT molecular complexity index is 326. The fourth-order valence-corrected chi connectivity index (χ4v) is 2.16. The third kappa shape index (κ3) is 1.87. The molecule has 0 radical (unpaired) electrons. The second-order valence-corrected chi connectivity index (χ2v) is 4.31. The number of rotatable bonds is 2. The molecule has 76 valence electrons. The summed E-state index contributed by atoms with van der Waals surface area (Å²) in [4.78, 5) is 12.9. The first kappa shape index (κ1) is 9.83. The van der Waals surface area contributed by atoms with Crippen LogP contribution in [0.3, 0.4) is 0 Å². The summed E-state index contributed by atoms with van der Waals surface area (Å²) in [5.74, 6) is 0.0449. The van der Waals surface area contributed by atoms with Crippen molar-refractivity contribution < 1.29 is 14.3 Å². The number of thiophene rings is 1. The van der Waals surface area contributed by atoms with Crippen molar-refractivity contribution in [2.24, 2.45) is 0 Å². The minimum atomic E-state index is -0.406. The molecule has 1 aliphatic heterocycles. The van der Waals surface area contributed by atoms with Gasteiger partial charge in [-0.3, -0.25) is 4.79 Å². The zero-order valence-electron chi connectivity index (χ0n) is 7.99. The maximum atomic E-state index is 11.9. The van der Waals surface area contributed by atoms with E-state index in [0.717, 1.165) is 10.4 Å². The van der Waals surface area contributed by atoms with Crippen molar-refractivity contribution in [2.45, 2.75) is 13.0 Å². The van der Waals surface area contributed by atoms with Gasteiger partial charge < -0.3 is 9.47 Å². The Hall–Kier alpha value is -0.710. The van der Waals surface area contributed by atoms with E-state index in [0.29, 0.717) is 19.8 Å². The first-order valence-electron chi connectivity index (χ1n) is 4.56. The molecule has 2 heterocycles. The molecule has 0 saturated carbocycles. The average Bonchev–Trinajstić information content (AvgIpc) is 2.65. The highest BCUT2D eigenvalue weighted by Gasteiger charge is 2.25. The molecule has 2 rings (SSSR count). The van der Waals surface area contributed by atoms with E-state index in [2.05, 4.69) is 0 Å². The van der Waals surface area contributed by atoms with Gasteiger partial charge in [0.05, 0.1) is 19.8 Å². The Morgan fingerprint density at radius 1 is 1.57 bits per heavy atom. The molecule has 0 spiro atoms. The molecule has 1 aliphatic rings. The minimum absolute atomic E-state index is 0.0449. The Kier molecular flexibility index (Phi) is 2.96. The molecule has 1 aromatic rings. The van der Waals surface area contributed by atoms with E-state index < -0.39 is 6.10 Å². The summed E-state index contributed by atoms with van der Waals surface area (Å²) >= 11 is 1.58. The zero-order chi connectivity index (χ0) is 9.97. The van der Waals surface area contributed by atoms with Crippen molar-refractivity contribution in [1.29, 1.82) is 0 Å². The molecule has 0 N–H and O–H groups in total. The van der Waals surface area contributed by atoms with E-state index in [9.17, 15) is 4.79 Å². The Morgan fingerprint density at radius 2 is 2.43 bits per heavy atom. The van der Waals surface area contributed by atoms with Crippen LogP contribution in [0.4, 0.5) is 0 Å². The highest BCUT2D eigenvalue weighted by atomic mass is 32.1. The summed E-state index contributed by atoms with van der Waals surface area (Å²) < 4.78 is 10.5. The number of hydrogen-bond donors (Lipinski definition) is 0. The van der Waals surface area contributed by atoms with Crippen LogP contribution in [0.5, 0.6) is 0 Å². The molecule has 1 aromatic heterocycles. The second-order valence-electron chi connectivity index (χ2n) is 3.19. The number of ether oxygens (including phenoxy) is 2. The quantitative estimate of drug-likeness (QED) is 0.699. The lowest BCUT2D eigenvalue weighted by Crippen LogP contribution is -2.35. The SMILES string of the molecule is Cc1sccc1C(=O)C1COCCO1. The molecule has 1 atom stereocenters. The van der Waals surface area contributed by atoms with Gasteiger partial charge in [-0.15, -0.1) is 11.3 Å². The maximum absolute atomic E-state index is 11.9. The van der Waals surface area contributed by atoms with E-state index in [4.69, 9.17) is 9.47 Å². The minimum Gasteiger partial charge on any atom is -0.376 e. The summed E-state index contributed by atoms with van der Waals surface area (Å²) in [6.45, 7) is 3.43. The summed E-state index contributed by atoms with van der Waals surface area (Å²) in [5, 5.41) is 1.92. The first-order valence-corrected chi connectivity index (χ1v) is 5.44. The van der Waals surface area contributed by atoms with Crippen LogP contribution in [-0.2, 0) is 9.47 Å². The Morgan fingerprint density at radius 3 is 3.00 bits per heavy atom. The van der Waals surface area contributed by atoms with Crippen LogP contribution >= 0.6 is 11.3 Å². The van der Waals surface area contributed by atoms with Crippen LogP contribution in [0.25, 0.3) is 0 Å². The van der Waals surface area contributed by atoms with E-state index in [1.54, 1.807) is 11.3 Å². The van der Waals surface area contributed by atoms with Crippen molar-refractivity contribution in [1.82, 2.24) is 0 Å². The van der Waals surface area contributed by atoms with Crippen LogP contribution < -0.4 is 0 Å². The van der Waals surface area contributed by atoms with Gasteiger partial charge >= 0.3 is 0 Å². The van der Waals surface area contributed by atoms with Crippen LogP contribution in [0.1, 0.15) is 15.2 Å². The summed E-state index contributed by atoms with van der Waals surface area (Å²) in [6.07, 6.45) is -0.406. The lowest BCUT2D eigenvalue weighted by molar-refractivity contribution is -0.0719.